The monoisotopic (exact) mass is 323 g/mol. The van der Waals surface area contributed by atoms with Crippen molar-refractivity contribution in [2.45, 2.75) is 12.5 Å². The van der Waals surface area contributed by atoms with Crippen molar-refractivity contribution in [3.8, 4) is 0 Å². The van der Waals surface area contributed by atoms with Gasteiger partial charge >= 0.3 is 0 Å². The molecule has 0 N–H and O–H groups in total. The van der Waals surface area contributed by atoms with Crippen LogP contribution in [0.5, 0.6) is 0 Å². The molecule has 124 valence electrons. The molecule has 5 nitrogen and oxygen atoms in total. The lowest BCUT2D eigenvalue weighted by atomic mass is 9.99. The van der Waals surface area contributed by atoms with E-state index in [1.807, 2.05) is 48.5 Å². The Morgan fingerprint density at radius 3 is 2.50 bits per heavy atom. The van der Waals surface area contributed by atoms with E-state index < -0.39 is 0 Å². The van der Waals surface area contributed by atoms with E-state index in [9.17, 15) is 9.59 Å². The lowest BCUT2D eigenvalue weighted by Gasteiger charge is -2.30. The fourth-order valence-electron chi connectivity index (χ4n) is 3.21. The fraction of sp³-hybridized carbons (Fsp3) is 0.316. The number of nitrogens with zero attached hydrogens (tertiary/aromatic N) is 3. The maximum atomic E-state index is 12.9. The first kappa shape index (κ1) is 16.2. The molecule has 1 saturated heterocycles. The lowest BCUT2D eigenvalue weighted by Crippen LogP contribution is -2.37. The Hall–Kier alpha value is -2.69. The Balaban J connectivity index is 1.91. The molecule has 24 heavy (non-hydrogen) atoms. The molecule has 0 unspecified atom stereocenters. The highest BCUT2D eigenvalue weighted by atomic mass is 16.2. The molecule has 0 bridgehead atoms. The summed E-state index contributed by atoms with van der Waals surface area (Å²) in [6.07, 6.45) is 2.01. The number of carbonyl (C=O) groups excluding carboxylic acids is 2. The van der Waals surface area contributed by atoms with Gasteiger partial charge in [0.2, 0.25) is 11.8 Å². The molecule has 0 aliphatic carbocycles. The molecule has 0 saturated carbocycles. The maximum Gasteiger partial charge on any atom is 0.228 e. The minimum absolute atomic E-state index is 0.0211. The third-order valence-corrected chi connectivity index (χ3v) is 4.51. The van der Waals surface area contributed by atoms with Gasteiger partial charge in [0.25, 0.3) is 0 Å². The number of aromatic nitrogens is 1. The van der Waals surface area contributed by atoms with Gasteiger partial charge < -0.3 is 9.80 Å². The van der Waals surface area contributed by atoms with E-state index >= 15 is 0 Å². The van der Waals surface area contributed by atoms with E-state index in [1.54, 1.807) is 30.1 Å². The average molecular weight is 323 g/mol. The van der Waals surface area contributed by atoms with Crippen LogP contribution in [-0.2, 0) is 9.59 Å². The van der Waals surface area contributed by atoms with Crippen LogP contribution in [0, 0.1) is 5.92 Å². The Morgan fingerprint density at radius 2 is 1.92 bits per heavy atom. The van der Waals surface area contributed by atoms with Crippen LogP contribution in [0.3, 0.4) is 0 Å². The summed E-state index contributed by atoms with van der Waals surface area (Å²) in [4.78, 5) is 32.5. The van der Waals surface area contributed by atoms with Gasteiger partial charge in [-0.3, -0.25) is 14.6 Å². The Labute approximate surface area is 141 Å². The zero-order chi connectivity index (χ0) is 17.1. The summed E-state index contributed by atoms with van der Waals surface area (Å²) in [6.45, 7) is 0.478. The van der Waals surface area contributed by atoms with Crippen molar-refractivity contribution < 1.29 is 9.59 Å². The maximum absolute atomic E-state index is 12.9. The second kappa shape index (κ2) is 6.83. The van der Waals surface area contributed by atoms with Crippen LogP contribution in [0.15, 0.2) is 54.7 Å². The van der Waals surface area contributed by atoms with Gasteiger partial charge in [-0.2, -0.15) is 0 Å². The smallest absolute Gasteiger partial charge is 0.228 e. The van der Waals surface area contributed by atoms with Gasteiger partial charge in [0.1, 0.15) is 0 Å². The van der Waals surface area contributed by atoms with Crippen LogP contribution in [0.2, 0.25) is 0 Å². The number of pyridine rings is 1. The van der Waals surface area contributed by atoms with Gasteiger partial charge in [0.15, 0.2) is 0 Å². The summed E-state index contributed by atoms with van der Waals surface area (Å²) in [5.74, 6) is -0.287. The van der Waals surface area contributed by atoms with Gasteiger partial charge in [-0.25, -0.2) is 0 Å². The van der Waals surface area contributed by atoms with Gasteiger partial charge in [0.05, 0.1) is 17.7 Å². The summed E-state index contributed by atoms with van der Waals surface area (Å²) in [5, 5.41) is 0. The molecule has 2 aromatic rings. The Kier molecular flexibility index (Phi) is 4.60. The molecule has 1 aromatic heterocycles. The summed E-state index contributed by atoms with van der Waals surface area (Å²) < 4.78 is 0. The number of hydrogen-bond donors (Lipinski definition) is 0. The van der Waals surface area contributed by atoms with E-state index in [0.29, 0.717) is 6.54 Å². The molecule has 2 atom stereocenters. The molecule has 1 fully saturated rings. The summed E-state index contributed by atoms with van der Waals surface area (Å²) in [5.41, 5.74) is 1.82. The minimum atomic E-state index is -0.289. The SMILES string of the molecule is CN1C[C@H](C(=O)N(C)[C@@H](c2ccccc2)c2ccccn2)CC1=O. The number of likely N-dealkylation sites (tertiary alicyclic amines) is 1. The molecule has 5 heteroatoms. The number of benzene rings is 1. The molecule has 3 rings (SSSR count). The third kappa shape index (κ3) is 3.15. The van der Waals surface area contributed by atoms with Crippen molar-refractivity contribution >= 4 is 11.8 Å². The lowest BCUT2D eigenvalue weighted by molar-refractivity contribution is -0.136. The first-order valence-electron chi connectivity index (χ1n) is 8.04. The van der Waals surface area contributed by atoms with E-state index in [-0.39, 0.29) is 30.2 Å². The first-order chi connectivity index (χ1) is 11.6. The van der Waals surface area contributed by atoms with Crippen LogP contribution in [0.4, 0.5) is 0 Å². The number of carbonyl (C=O) groups is 2. The topological polar surface area (TPSA) is 53.5 Å². The number of hydrogen-bond acceptors (Lipinski definition) is 3. The molecular weight excluding hydrogens is 302 g/mol. The summed E-state index contributed by atoms with van der Waals surface area (Å²) >= 11 is 0. The summed E-state index contributed by atoms with van der Waals surface area (Å²) in [6, 6.07) is 15.3. The Bertz CT molecular complexity index is 678. The Morgan fingerprint density at radius 1 is 1.21 bits per heavy atom. The zero-order valence-electron chi connectivity index (χ0n) is 13.9. The number of amides is 2. The van der Waals surface area contributed by atoms with Crippen molar-refractivity contribution in [3.63, 3.8) is 0 Å². The van der Waals surface area contributed by atoms with E-state index in [1.165, 1.54) is 0 Å². The third-order valence-electron chi connectivity index (χ3n) is 4.51. The van der Waals surface area contributed by atoms with Gasteiger partial charge in [0, 0.05) is 33.3 Å². The second-order valence-electron chi connectivity index (χ2n) is 6.19. The molecule has 1 aliphatic heterocycles. The van der Waals surface area contributed by atoms with Crippen molar-refractivity contribution in [2.75, 3.05) is 20.6 Å². The van der Waals surface area contributed by atoms with Crippen LogP contribution >= 0.6 is 0 Å². The van der Waals surface area contributed by atoms with Crippen LogP contribution in [0.1, 0.15) is 23.7 Å². The van der Waals surface area contributed by atoms with E-state index in [0.717, 1.165) is 11.3 Å². The molecule has 2 heterocycles. The van der Waals surface area contributed by atoms with E-state index in [2.05, 4.69) is 4.98 Å². The van der Waals surface area contributed by atoms with Crippen molar-refractivity contribution in [1.82, 2.24) is 14.8 Å². The van der Waals surface area contributed by atoms with Crippen LogP contribution < -0.4 is 0 Å². The van der Waals surface area contributed by atoms with Gasteiger partial charge in [-0.05, 0) is 17.7 Å². The standard InChI is InChI=1S/C19H21N3O2/c1-21-13-15(12-17(21)23)19(24)22(2)18(14-8-4-3-5-9-14)16-10-6-7-11-20-16/h3-11,15,18H,12-13H2,1-2H3/t15-,18+/m1/s1. The summed E-state index contributed by atoms with van der Waals surface area (Å²) in [7, 11) is 3.53. The molecule has 0 spiro atoms. The van der Waals surface area contributed by atoms with Crippen molar-refractivity contribution in [3.05, 3.63) is 66.0 Å². The zero-order valence-corrected chi connectivity index (χ0v) is 13.9. The van der Waals surface area contributed by atoms with Crippen LogP contribution in [-0.4, -0.2) is 47.2 Å². The predicted molar refractivity (Wildman–Crippen MR) is 91.0 cm³/mol. The molecule has 1 aromatic carbocycles. The average Bonchev–Trinajstić information content (AvgIpc) is 2.95. The highest BCUT2D eigenvalue weighted by molar-refractivity contribution is 5.89. The molecule has 2 amide bonds. The largest absolute Gasteiger partial charge is 0.345 e. The van der Waals surface area contributed by atoms with Gasteiger partial charge in [-0.1, -0.05) is 36.4 Å². The second-order valence-corrected chi connectivity index (χ2v) is 6.19. The van der Waals surface area contributed by atoms with Crippen LogP contribution in [0.25, 0.3) is 0 Å². The van der Waals surface area contributed by atoms with Gasteiger partial charge in [-0.15, -0.1) is 0 Å². The van der Waals surface area contributed by atoms with E-state index in [4.69, 9.17) is 0 Å². The highest BCUT2D eigenvalue weighted by Crippen LogP contribution is 2.29. The fourth-order valence-corrected chi connectivity index (χ4v) is 3.21. The first-order valence-corrected chi connectivity index (χ1v) is 8.04. The predicted octanol–water partition coefficient (Wildman–Crippen LogP) is 2.11. The van der Waals surface area contributed by atoms with Crippen molar-refractivity contribution in [1.29, 1.82) is 0 Å². The quantitative estimate of drug-likeness (QED) is 0.866. The highest BCUT2D eigenvalue weighted by Gasteiger charge is 2.36. The van der Waals surface area contributed by atoms with Crippen molar-refractivity contribution in [2.24, 2.45) is 5.92 Å². The molecular formula is C19H21N3O2. The number of rotatable bonds is 4. The normalized spacial score (nSPS) is 18.5. The minimum Gasteiger partial charge on any atom is -0.345 e. The molecule has 1 aliphatic rings. The molecule has 0 radical (unpaired) electrons.